The molecule has 8 heteroatoms. The summed E-state index contributed by atoms with van der Waals surface area (Å²) >= 11 is -0.346. The Hall–Kier alpha value is -1.70. The first kappa shape index (κ1) is 13.7. The number of nitrogens with one attached hydrogen (secondary N) is 2. The van der Waals surface area contributed by atoms with Crippen molar-refractivity contribution in [2.24, 2.45) is 0 Å². The van der Waals surface area contributed by atoms with Crippen molar-refractivity contribution in [3.8, 4) is 0 Å². The van der Waals surface area contributed by atoms with Crippen molar-refractivity contribution < 1.29 is 18.0 Å². The van der Waals surface area contributed by atoms with E-state index in [2.05, 4.69) is 15.5 Å². The molecular formula is C11H10F3N3OS. The number of amides is 1. The average molecular weight is 289 g/mol. The maximum Gasteiger partial charge on any atom is 0.442 e. The molecule has 4 nitrogen and oxygen atoms in total. The van der Waals surface area contributed by atoms with Crippen molar-refractivity contribution in [3.63, 3.8) is 0 Å². The maximum absolute atomic E-state index is 12.2. The first-order valence-electron chi connectivity index (χ1n) is 5.34. The number of benzene rings is 1. The van der Waals surface area contributed by atoms with Crippen LogP contribution in [0.3, 0.4) is 0 Å². The minimum absolute atomic E-state index is 0.346. The van der Waals surface area contributed by atoms with Crippen LogP contribution in [0.25, 0.3) is 10.9 Å². The van der Waals surface area contributed by atoms with Crippen LogP contribution in [0, 0.1) is 0 Å². The number of aromatic amines is 1. The van der Waals surface area contributed by atoms with Gasteiger partial charge >= 0.3 is 5.51 Å². The Morgan fingerprint density at radius 2 is 2.21 bits per heavy atom. The van der Waals surface area contributed by atoms with Crippen LogP contribution in [0.1, 0.15) is 6.92 Å². The summed E-state index contributed by atoms with van der Waals surface area (Å²) in [5.74, 6) is -0.704. The van der Waals surface area contributed by atoms with Crippen molar-refractivity contribution in [1.29, 1.82) is 0 Å². The first-order chi connectivity index (χ1) is 8.87. The highest BCUT2D eigenvalue weighted by Crippen LogP contribution is 2.34. The van der Waals surface area contributed by atoms with E-state index in [1.165, 1.54) is 6.92 Å². The Labute approximate surface area is 110 Å². The van der Waals surface area contributed by atoms with Gasteiger partial charge in [-0.3, -0.25) is 9.89 Å². The van der Waals surface area contributed by atoms with Crippen LogP contribution in [0.15, 0.2) is 24.4 Å². The normalized spacial score (nSPS) is 13.5. The van der Waals surface area contributed by atoms with Crippen LogP contribution in [0.5, 0.6) is 0 Å². The molecule has 2 N–H and O–H groups in total. The quantitative estimate of drug-likeness (QED) is 0.912. The molecule has 19 heavy (non-hydrogen) atoms. The Morgan fingerprint density at radius 1 is 1.47 bits per heavy atom. The summed E-state index contributed by atoms with van der Waals surface area (Å²) in [5, 5.41) is 8.51. The van der Waals surface area contributed by atoms with E-state index in [1.54, 1.807) is 24.4 Å². The van der Waals surface area contributed by atoms with Gasteiger partial charge in [-0.15, -0.1) is 0 Å². The molecule has 0 radical (unpaired) electrons. The minimum atomic E-state index is -4.43. The molecule has 2 aromatic rings. The number of para-hydroxylation sites is 1. The second kappa shape index (κ2) is 5.12. The van der Waals surface area contributed by atoms with Gasteiger partial charge in [0.25, 0.3) is 0 Å². The Balaban J connectivity index is 2.13. The average Bonchev–Trinajstić information content (AvgIpc) is 2.75. The zero-order valence-corrected chi connectivity index (χ0v) is 10.6. The van der Waals surface area contributed by atoms with Gasteiger partial charge in [0.05, 0.1) is 22.7 Å². The molecule has 1 aromatic heterocycles. The van der Waals surface area contributed by atoms with Gasteiger partial charge in [-0.25, -0.2) is 0 Å². The zero-order chi connectivity index (χ0) is 14.0. The highest BCUT2D eigenvalue weighted by molar-refractivity contribution is 8.01. The van der Waals surface area contributed by atoms with Gasteiger partial charge in [0.15, 0.2) is 0 Å². The van der Waals surface area contributed by atoms with E-state index in [1.807, 2.05) is 0 Å². The number of aromatic nitrogens is 2. The molecule has 102 valence electrons. The van der Waals surface area contributed by atoms with Gasteiger partial charge < -0.3 is 5.32 Å². The Bertz CT molecular complexity index is 596. The lowest BCUT2D eigenvalue weighted by atomic mass is 10.2. The fourth-order valence-electron chi connectivity index (χ4n) is 1.56. The van der Waals surface area contributed by atoms with Crippen molar-refractivity contribution in [1.82, 2.24) is 10.2 Å². The largest absolute Gasteiger partial charge is 0.442 e. The SMILES string of the molecule is C[C@H](SC(F)(F)F)C(=O)Nc1cccc2cn[nH]c12. The van der Waals surface area contributed by atoms with Crippen LogP contribution in [0.2, 0.25) is 0 Å². The summed E-state index contributed by atoms with van der Waals surface area (Å²) in [6.45, 7) is 1.21. The zero-order valence-electron chi connectivity index (χ0n) is 9.78. The van der Waals surface area contributed by atoms with E-state index in [9.17, 15) is 18.0 Å². The number of thioether (sulfide) groups is 1. The summed E-state index contributed by atoms with van der Waals surface area (Å²) in [5.41, 5.74) is -3.44. The van der Waals surface area contributed by atoms with E-state index in [4.69, 9.17) is 0 Å². The fraction of sp³-hybridized carbons (Fsp3) is 0.273. The van der Waals surface area contributed by atoms with Gasteiger partial charge in [-0.2, -0.15) is 18.3 Å². The summed E-state index contributed by atoms with van der Waals surface area (Å²) in [6, 6.07) is 5.07. The number of hydrogen-bond donors (Lipinski definition) is 2. The van der Waals surface area contributed by atoms with Crippen LogP contribution in [-0.2, 0) is 4.79 Å². The highest BCUT2D eigenvalue weighted by Gasteiger charge is 2.34. The molecule has 0 saturated heterocycles. The predicted molar refractivity (Wildman–Crippen MR) is 67.8 cm³/mol. The second-order valence-corrected chi connectivity index (χ2v) is 5.24. The van der Waals surface area contributed by atoms with Gasteiger partial charge in [0.1, 0.15) is 0 Å². The topological polar surface area (TPSA) is 57.8 Å². The molecule has 1 heterocycles. The maximum atomic E-state index is 12.2. The number of halogens is 3. The number of rotatable bonds is 3. The molecule has 0 fully saturated rings. The molecule has 0 unspecified atom stereocenters. The molecule has 0 aliphatic rings. The highest BCUT2D eigenvalue weighted by atomic mass is 32.2. The summed E-state index contributed by atoms with van der Waals surface area (Å²) in [6.07, 6.45) is 1.57. The number of nitrogens with zero attached hydrogens (tertiary/aromatic N) is 1. The van der Waals surface area contributed by atoms with E-state index in [0.717, 1.165) is 5.39 Å². The van der Waals surface area contributed by atoms with Gasteiger partial charge in [0, 0.05) is 5.39 Å². The predicted octanol–water partition coefficient (Wildman–Crippen LogP) is 3.14. The number of anilines is 1. The lowest BCUT2D eigenvalue weighted by Crippen LogP contribution is -2.25. The molecule has 0 spiro atoms. The molecular weight excluding hydrogens is 279 g/mol. The number of alkyl halides is 3. The van der Waals surface area contributed by atoms with E-state index in [-0.39, 0.29) is 11.8 Å². The van der Waals surface area contributed by atoms with E-state index < -0.39 is 16.7 Å². The van der Waals surface area contributed by atoms with Crippen molar-refractivity contribution >= 4 is 34.3 Å². The molecule has 0 aliphatic carbocycles. The smallest absolute Gasteiger partial charge is 0.323 e. The minimum Gasteiger partial charge on any atom is -0.323 e. The monoisotopic (exact) mass is 289 g/mol. The molecule has 1 atom stereocenters. The Kier molecular flexibility index (Phi) is 3.70. The molecule has 0 saturated carbocycles. The molecule has 1 aromatic carbocycles. The number of fused-ring (bicyclic) bond motifs is 1. The number of carbonyl (C=O) groups is 1. The van der Waals surface area contributed by atoms with Crippen LogP contribution in [-0.4, -0.2) is 26.9 Å². The summed E-state index contributed by atoms with van der Waals surface area (Å²) < 4.78 is 36.5. The number of hydrogen-bond acceptors (Lipinski definition) is 3. The third kappa shape index (κ3) is 3.40. The van der Waals surface area contributed by atoms with E-state index >= 15 is 0 Å². The number of H-pyrrole nitrogens is 1. The van der Waals surface area contributed by atoms with Crippen molar-refractivity contribution in [3.05, 3.63) is 24.4 Å². The van der Waals surface area contributed by atoms with Gasteiger partial charge in [-0.1, -0.05) is 12.1 Å². The third-order valence-corrected chi connectivity index (χ3v) is 3.25. The van der Waals surface area contributed by atoms with Gasteiger partial charge in [-0.05, 0) is 24.8 Å². The summed E-state index contributed by atoms with van der Waals surface area (Å²) in [7, 11) is 0. The summed E-state index contributed by atoms with van der Waals surface area (Å²) in [4.78, 5) is 11.7. The lowest BCUT2D eigenvalue weighted by molar-refractivity contribution is -0.115. The van der Waals surface area contributed by atoms with Crippen LogP contribution in [0.4, 0.5) is 18.9 Å². The van der Waals surface area contributed by atoms with Crippen molar-refractivity contribution in [2.45, 2.75) is 17.7 Å². The molecule has 1 amide bonds. The van der Waals surface area contributed by atoms with Gasteiger partial charge in [0.2, 0.25) is 5.91 Å². The third-order valence-electron chi connectivity index (χ3n) is 2.41. The second-order valence-electron chi connectivity index (χ2n) is 3.83. The molecule has 0 bridgehead atoms. The molecule has 0 aliphatic heterocycles. The lowest BCUT2D eigenvalue weighted by Gasteiger charge is -2.13. The van der Waals surface area contributed by atoms with Crippen molar-refractivity contribution in [2.75, 3.05) is 5.32 Å². The standard InChI is InChI=1S/C11H10F3N3OS/c1-6(19-11(12,13)14)10(18)16-8-4-2-3-7-5-15-17-9(7)8/h2-6H,1H3,(H,15,17)(H,16,18)/t6-/m0/s1. The van der Waals surface area contributed by atoms with Crippen LogP contribution >= 0.6 is 11.8 Å². The molecule has 2 rings (SSSR count). The first-order valence-corrected chi connectivity index (χ1v) is 6.22. The number of carbonyl (C=O) groups excluding carboxylic acids is 1. The Morgan fingerprint density at radius 3 is 2.89 bits per heavy atom. The van der Waals surface area contributed by atoms with Crippen LogP contribution < -0.4 is 5.32 Å². The van der Waals surface area contributed by atoms with E-state index in [0.29, 0.717) is 11.2 Å². The fourth-order valence-corrected chi connectivity index (χ4v) is 2.13.